The molecule has 0 aromatic heterocycles. The van der Waals surface area contributed by atoms with E-state index in [2.05, 4.69) is 11.3 Å². The topological polar surface area (TPSA) is 64.6 Å². The molecule has 0 radical (unpaired) electrons. The van der Waals surface area contributed by atoms with Gasteiger partial charge in [-0.2, -0.15) is 13.2 Å². The van der Waals surface area contributed by atoms with Gasteiger partial charge in [-0.3, -0.25) is 5.32 Å². The Morgan fingerprint density at radius 3 is 2.10 bits per heavy atom. The number of hydrogen-bond donors (Lipinski definition) is 1. The highest BCUT2D eigenvalue weighted by Crippen LogP contribution is 2.35. The van der Waals surface area contributed by atoms with E-state index in [4.69, 9.17) is 4.74 Å². The minimum Gasteiger partial charge on any atom is -0.467 e. The van der Waals surface area contributed by atoms with E-state index in [0.29, 0.717) is 0 Å². The molecule has 0 aliphatic carbocycles. The first-order valence-corrected chi connectivity index (χ1v) is 6.17. The SMILES string of the molecule is C=CCCC(NC(=O)OC(C)(C)C)(C(=O)OC)C(F)(F)F. The molecule has 0 saturated heterocycles. The fourth-order valence-electron chi connectivity index (χ4n) is 1.51. The molecule has 5 nitrogen and oxygen atoms in total. The molecule has 0 heterocycles. The van der Waals surface area contributed by atoms with E-state index in [9.17, 15) is 22.8 Å². The van der Waals surface area contributed by atoms with E-state index in [1.165, 1.54) is 26.8 Å². The molecule has 21 heavy (non-hydrogen) atoms. The Hall–Kier alpha value is -1.73. The number of nitrogens with one attached hydrogen (secondary N) is 1. The zero-order valence-electron chi connectivity index (χ0n) is 12.5. The highest BCUT2D eigenvalue weighted by atomic mass is 19.4. The van der Waals surface area contributed by atoms with Crippen molar-refractivity contribution in [3.05, 3.63) is 12.7 Å². The highest BCUT2D eigenvalue weighted by Gasteiger charge is 2.62. The van der Waals surface area contributed by atoms with Gasteiger partial charge in [0.1, 0.15) is 5.60 Å². The van der Waals surface area contributed by atoms with Crippen LogP contribution in [-0.2, 0) is 14.3 Å². The molecular weight excluding hydrogens is 291 g/mol. The lowest BCUT2D eigenvalue weighted by molar-refractivity contribution is -0.212. The van der Waals surface area contributed by atoms with Gasteiger partial charge in [-0.05, 0) is 33.6 Å². The van der Waals surface area contributed by atoms with E-state index in [-0.39, 0.29) is 6.42 Å². The lowest BCUT2D eigenvalue weighted by Crippen LogP contribution is -2.64. The van der Waals surface area contributed by atoms with Crippen LogP contribution in [0, 0.1) is 0 Å². The van der Waals surface area contributed by atoms with E-state index in [0.717, 1.165) is 7.11 Å². The van der Waals surface area contributed by atoms with Crippen molar-refractivity contribution >= 4 is 12.1 Å². The Bertz CT molecular complexity index is 401. The number of esters is 1. The lowest BCUT2D eigenvalue weighted by Gasteiger charge is -2.34. The number of carbonyl (C=O) groups is 2. The minimum absolute atomic E-state index is 0.148. The van der Waals surface area contributed by atoms with E-state index in [1.807, 2.05) is 0 Å². The fraction of sp³-hybridized carbons (Fsp3) is 0.692. The fourth-order valence-corrected chi connectivity index (χ4v) is 1.51. The van der Waals surface area contributed by atoms with Crippen LogP contribution < -0.4 is 5.32 Å². The molecule has 0 spiro atoms. The zero-order chi connectivity index (χ0) is 16.9. The highest BCUT2D eigenvalue weighted by molar-refractivity contribution is 5.86. The molecule has 0 aromatic carbocycles. The van der Waals surface area contributed by atoms with Crippen LogP contribution in [0.15, 0.2) is 12.7 Å². The number of halogens is 3. The standard InChI is InChI=1S/C13H20F3NO4/c1-6-7-8-12(9(18)20-5,13(14,15)16)17-10(19)21-11(2,3)4/h6H,1,7-8H2,2-5H3,(H,17,19). The van der Waals surface area contributed by atoms with Crippen molar-refractivity contribution in [1.82, 2.24) is 5.32 Å². The van der Waals surface area contributed by atoms with Crippen molar-refractivity contribution in [2.24, 2.45) is 0 Å². The first kappa shape index (κ1) is 19.3. The monoisotopic (exact) mass is 311 g/mol. The summed E-state index contributed by atoms with van der Waals surface area (Å²) in [5.41, 5.74) is -4.17. The summed E-state index contributed by atoms with van der Waals surface area (Å²) < 4.78 is 49.0. The number of allylic oxidation sites excluding steroid dienone is 1. The number of alkyl carbamates (subject to hydrolysis) is 1. The summed E-state index contributed by atoms with van der Waals surface area (Å²) in [6.45, 7) is 7.78. The number of alkyl halides is 3. The molecule has 1 atom stereocenters. The summed E-state index contributed by atoms with van der Waals surface area (Å²) in [5.74, 6) is -1.61. The van der Waals surface area contributed by atoms with Gasteiger partial charge < -0.3 is 9.47 Å². The van der Waals surface area contributed by atoms with Crippen LogP contribution in [0.1, 0.15) is 33.6 Å². The minimum atomic E-state index is -5.04. The third kappa shape index (κ3) is 5.28. The van der Waals surface area contributed by atoms with Gasteiger partial charge in [0.25, 0.3) is 0 Å². The summed E-state index contributed by atoms with van der Waals surface area (Å²) in [6.07, 6.45) is -6.06. The molecule has 0 aliphatic heterocycles. The Morgan fingerprint density at radius 1 is 1.24 bits per heavy atom. The average Bonchev–Trinajstić information content (AvgIpc) is 2.29. The molecule has 0 saturated carbocycles. The molecule has 122 valence electrons. The molecule has 8 heteroatoms. The van der Waals surface area contributed by atoms with Crippen molar-refractivity contribution in [2.75, 3.05) is 7.11 Å². The first-order chi connectivity index (χ1) is 9.39. The van der Waals surface area contributed by atoms with Gasteiger partial charge in [-0.1, -0.05) is 6.08 Å². The maximum atomic E-state index is 13.3. The van der Waals surface area contributed by atoms with Crippen LogP contribution in [0.4, 0.5) is 18.0 Å². The molecule has 1 amide bonds. The van der Waals surface area contributed by atoms with Gasteiger partial charge in [0.2, 0.25) is 5.54 Å². The van der Waals surface area contributed by atoms with Crippen LogP contribution in [0.25, 0.3) is 0 Å². The van der Waals surface area contributed by atoms with Gasteiger partial charge >= 0.3 is 18.2 Å². The van der Waals surface area contributed by atoms with Crippen molar-refractivity contribution in [1.29, 1.82) is 0 Å². The van der Waals surface area contributed by atoms with E-state index >= 15 is 0 Å². The van der Waals surface area contributed by atoms with E-state index in [1.54, 1.807) is 5.32 Å². The van der Waals surface area contributed by atoms with Crippen LogP contribution in [0.3, 0.4) is 0 Å². The maximum Gasteiger partial charge on any atom is 0.422 e. The predicted molar refractivity (Wildman–Crippen MR) is 69.6 cm³/mol. The average molecular weight is 311 g/mol. The summed E-state index contributed by atoms with van der Waals surface area (Å²) in [5, 5.41) is 1.60. The summed E-state index contributed by atoms with van der Waals surface area (Å²) in [4.78, 5) is 23.3. The van der Waals surface area contributed by atoms with Crippen molar-refractivity contribution in [3.8, 4) is 0 Å². The Morgan fingerprint density at radius 2 is 1.76 bits per heavy atom. The van der Waals surface area contributed by atoms with Crippen molar-refractivity contribution in [3.63, 3.8) is 0 Å². The summed E-state index contributed by atoms with van der Waals surface area (Å²) >= 11 is 0. The van der Waals surface area contributed by atoms with Crippen LogP contribution in [0.5, 0.6) is 0 Å². The normalized spacial score (nSPS) is 14.8. The molecule has 0 aromatic rings. The van der Waals surface area contributed by atoms with Gasteiger partial charge in [0, 0.05) is 0 Å². The van der Waals surface area contributed by atoms with Crippen molar-refractivity contribution < 1.29 is 32.2 Å². The second-order valence-electron chi connectivity index (χ2n) is 5.35. The third-order valence-electron chi connectivity index (χ3n) is 2.46. The molecule has 0 rings (SSSR count). The van der Waals surface area contributed by atoms with Crippen LogP contribution in [-0.4, -0.2) is 36.5 Å². The van der Waals surface area contributed by atoms with Crippen LogP contribution in [0.2, 0.25) is 0 Å². The quantitative estimate of drug-likeness (QED) is 0.626. The molecule has 0 fully saturated rings. The second-order valence-corrected chi connectivity index (χ2v) is 5.35. The number of hydrogen-bond acceptors (Lipinski definition) is 4. The predicted octanol–water partition coefficient (Wildman–Crippen LogP) is 2.95. The molecule has 1 N–H and O–H groups in total. The Balaban J connectivity index is 5.51. The van der Waals surface area contributed by atoms with Gasteiger partial charge in [0.15, 0.2) is 0 Å². The van der Waals surface area contributed by atoms with E-state index < -0.39 is 35.8 Å². The number of methoxy groups -OCH3 is 1. The van der Waals surface area contributed by atoms with Gasteiger partial charge in [-0.25, -0.2) is 9.59 Å². The lowest BCUT2D eigenvalue weighted by atomic mass is 9.92. The van der Waals surface area contributed by atoms with Crippen molar-refractivity contribution in [2.45, 2.75) is 50.9 Å². The number of rotatable bonds is 5. The maximum absolute atomic E-state index is 13.3. The molecule has 0 bridgehead atoms. The first-order valence-electron chi connectivity index (χ1n) is 6.17. The molecular formula is C13H20F3NO4. The Labute approximate surface area is 121 Å². The third-order valence-corrected chi connectivity index (χ3v) is 2.46. The zero-order valence-corrected chi connectivity index (χ0v) is 12.5. The summed E-state index contributed by atoms with van der Waals surface area (Å²) in [6, 6.07) is 0. The number of carbonyl (C=O) groups excluding carboxylic acids is 2. The molecule has 1 unspecified atom stereocenters. The number of amides is 1. The van der Waals surface area contributed by atoms with Crippen LogP contribution >= 0.6 is 0 Å². The second kappa shape index (κ2) is 6.82. The van der Waals surface area contributed by atoms with Gasteiger partial charge in [0.05, 0.1) is 7.11 Å². The largest absolute Gasteiger partial charge is 0.467 e. The summed E-state index contributed by atoms with van der Waals surface area (Å²) in [7, 11) is 0.813. The number of ether oxygens (including phenoxy) is 2. The Kier molecular flexibility index (Phi) is 6.26. The smallest absolute Gasteiger partial charge is 0.422 e. The van der Waals surface area contributed by atoms with Gasteiger partial charge in [-0.15, -0.1) is 6.58 Å². The molecule has 0 aliphatic rings.